The van der Waals surface area contributed by atoms with Crippen LogP contribution in [0.4, 0.5) is 13.2 Å². The number of piperidine rings is 1. The third kappa shape index (κ3) is 21.9. The fraction of sp³-hybridized carbons (Fsp3) is 0.787. The number of hydrogen-bond acceptors (Lipinski definition) is 12. The number of nitrogens with one attached hydrogen (secondary N) is 6. The molecule has 4 aliphatic heterocycles. The molecule has 2 aliphatic carbocycles. The minimum absolute atomic E-state index is 0.0514. The van der Waals surface area contributed by atoms with Gasteiger partial charge in [-0.3, -0.25) is 14.7 Å². The average molecular weight is 1310 g/mol. The lowest BCUT2D eigenvalue weighted by Crippen LogP contribution is -2.76. The van der Waals surface area contributed by atoms with E-state index in [1.165, 1.54) is 74.9 Å². The highest BCUT2D eigenvalue weighted by atomic mass is 35.5. The highest BCUT2D eigenvalue weighted by molar-refractivity contribution is 6.31. The van der Waals surface area contributed by atoms with Gasteiger partial charge in [-0.15, -0.1) is 0 Å². The maximum atomic E-state index is 14.9. The van der Waals surface area contributed by atoms with E-state index in [1.807, 2.05) is 18.5 Å². The number of nitrogens with zero attached hydrogens (tertiary/aromatic N) is 6. The van der Waals surface area contributed by atoms with Crippen molar-refractivity contribution in [3.8, 4) is 0 Å². The van der Waals surface area contributed by atoms with Crippen LogP contribution < -0.4 is 31.9 Å². The molecule has 92 heavy (non-hydrogen) atoms. The number of benzene rings is 1. The first-order chi connectivity index (χ1) is 43.9. The Morgan fingerprint density at radius 2 is 1.52 bits per heavy atom. The summed E-state index contributed by atoms with van der Waals surface area (Å²) in [5, 5.41) is 24.1. The van der Waals surface area contributed by atoms with E-state index in [1.54, 1.807) is 0 Å². The number of alkyl halides is 3. The number of likely N-dealkylation sites (tertiary alicyclic amines) is 1. The Morgan fingerprint density at radius 3 is 2.18 bits per heavy atom. The summed E-state index contributed by atoms with van der Waals surface area (Å²) in [6.45, 7) is 35.2. The summed E-state index contributed by atoms with van der Waals surface area (Å²) in [5.74, 6) is 2.80. The van der Waals surface area contributed by atoms with Gasteiger partial charge in [-0.25, -0.2) is 0 Å². The Bertz CT molecular complexity index is 2530. The molecule has 17 heteroatoms. The zero-order valence-corrected chi connectivity index (χ0v) is 60.5. The van der Waals surface area contributed by atoms with E-state index in [4.69, 9.17) is 16.6 Å². The lowest BCUT2D eigenvalue weighted by atomic mass is 9.74. The van der Waals surface area contributed by atoms with Crippen molar-refractivity contribution < 1.29 is 18.0 Å². The lowest BCUT2D eigenvalue weighted by molar-refractivity contribution is -0.162. The summed E-state index contributed by atoms with van der Waals surface area (Å²) < 4.78 is 41.2. The Hall–Kier alpha value is -3.64. The number of allylic oxidation sites excluding steroid dienone is 4. The van der Waals surface area contributed by atoms with Gasteiger partial charge in [0.2, 0.25) is 5.91 Å². The SMILES string of the molecule is CC[C@H](C)[C@H]1CN[C@@H](CC(C)C)C(C)NCC2[C@@H](C(=O)N3CCCCC3)C(C)N2[C@@H](C(C)C)C(C)NC2(CCCC2)CNCCN=CC=C(CCc2ccc(C(F)(F)F)c(Cl)c2)NC=CN(C)C=C(CC2CCCCC2)N(C)C=C2CCCN2[C@@H](CC(C)C)C(C)N1. The van der Waals surface area contributed by atoms with E-state index >= 15 is 0 Å². The van der Waals surface area contributed by atoms with Gasteiger partial charge in [-0.05, 0) is 158 Å². The van der Waals surface area contributed by atoms with E-state index in [9.17, 15) is 18.0 Å². The molecule has 0 aromatic heterocycles. The maximum absolute atomic E-state index is 14.9. The average Bonchev–Trinajstić information content (AvgIpc) is 0.827. The second kappa shape index (κ2) is 36.6. The minimum atomic E-state index is -4.52. The number of amides is 1. The second-order valence-electron chi connectivity index (χ2n) is 30.5. The zero-order chi connectivity index (χ0) is 66.7. The molecule has 522 valence electrons. The van der Waals surface area contributed by atoms with Gasteiger partial charge in [-0.2, -0.15) is 13.2 Å². The Balaban J connectivity index is 1.22. The van der Waals surface area contributed by atoms with Crippen LogP contribution in [0.5, 0.6) is 0 Å². The fourth-order valence-corrected chi connectivity index (χ4v) is 16.9. The number of hydrogen-bond donors (Lipinski definition) is 6. The summed E-state index contributed by atoms with van der Waals surface area (Å²) in [7, 11) is 4.35. The third-order valence-corrected chi connectivity index (χ3v) is 22.2. The molecule has 1 amide bonds. The molecular formula is C75H128ClF3N12O. The molecule has 2 saturated carbocycles. The molecule has 1 aromatic rings. The van der Waals surface area contributed by atoms with Gasteiger partial charge in [-0.1, -0.05) is 124 Å². The molecule has 4 heterocycles. The zero-order valence-electron chi connectivity index (χ0n) is 59.8. The Morgan fingerprint density at radius 1 is 0.815 bits per heavy atom. The summed E-state index contributed by atoms with van der Waals surface area (Å²) in [4.78, 5) is 32.0. The molecule has 6 aliphatic rings. The summed E-state index contributed by atoms with van der Waals surface area (Å²) in [5.41, 5.74) is 3.46. The molecule has 6 N–H and O–H groups in total. The number of fused-ring (bicyclic) bond motifs is 2. The number of aliphatic imine (C=N–C) groups is 1. The monoisotopic (exact) mass is 1300 g/mol. The standard InChI is InChI=1S/C75H128ClF3N12O/c1-15-55(8)68-47-84-67(43-52(2)3)56(9)83-48-70-71(73(92)89-39-22-17-23-40-89)59(12)91(70)72(54(6)7)58(11)86-74(33-20-21-34-74)51-81-37-36-80-35-32-62(30-28-61-29-31-65(66(76)46-61)75(77,78)79)82-38-42-87(13)49-64(45-60-25-18-16-19-26-60)88(14)50-63-27-24-41-90(63)69(44-53(4)5)57(10)85-68/h29,31-32,35,38,42,46,49-50,52-60,67-72,81-86H,15-28,30,33-34,36-37,39-41,43-45,47-48,51H2,1-14H3/t55-,56?,57?,58?,59?,67-,68+,69-,70?,71-,72-/m0/s1. The molecule has 1 spiro atoms. The van der Waals surface area contributed by atoms with Crippen molar-refractivity contribution in [3.05, 3.63) is 82.3 Å². The van der Waals surface area contributed by atoms with Crippen molar-refractivity contribution in [2.24, 2.45) is 40.5 Å². The van der Waals surface area contributed by atoms with E-state index < -0.39 is 11.7 Å². The first-order valence-corrected chi connectivity index (χ1v) is 37.1. The molecule has 1 aromatic carbocycles. The van der Waals surface area contributed by atoms with Crippen molar-refractivity contribution in [2.45, 2.75) is 278 Å². The Labute approximate surface area is 562 Å². The molecule has 0 radical (unpaired) electrons. The topological polar surface area (TPSA) is 118 Å². The molecule has 5 fully saturated rings. The van der Waals surface area contributed by atoms with E-state index in [-0.39, 0.29) is 64.8 Å². The first-order valence-electron chi connectivity index (χ1n) is 36.8. The summed E-state index contributed by atoms with van der Waals surface area (Å²) in [6.07, 6.45) is 30.0. The third-order valence-electron chi connectivity index (χ3n) is 21.9. The quantitative estimate of drug-likeness (QED) is 0.113. The van der Waals surface area contributed by atoms with Gasteiger partial charge >= 0.3 is 6.18 Å². The van der Waals surface area contributed by atoms with Crippen molar-refractivity contribution in [2.75, 3.05) is 66.5 Å². The lowest BCUT2D eigenvalue weighted by Gasteiger charge is -2.60. The van der Waals surface area contributed by atoms with Crippen LogP contribution >= 0.6 is 11.6 Å². The van der Waals surface area contributed by atoms with Crippen LogP contribution in [-0.2, 0) is 17.4 Å². The summed E-state index contributed by atoms with van der Waals surface area (Å²) in [6, 6.07) is 5.98. The van der Waals surface area contributed by atoms with Gasteiger partial charge in [0.05, 0.1) is 23.0 Å². The van der Waals surface area contributed by atoms with Crippen LogP contribution in [0.2, 0.25) is 5.02 Å². The minimum Gasteiger partial charge on any atom is -0.369 e. The summed E-state index contributed by atoms with van der Waals surface area (Å²) >= 11 is 6.22. The van der Waals surface area contributed by atoms with E-state index in [0.717, 1.165) is 127 Å². The van der Waals surface area contributed by atoms with Crippen LogP contribution in [0.15, 0.2) is 71.2 Å². The molecule has 3 saturated heterocycles. The van der Waals surface area contributed by atoms with E-state index in [0.29, 0.717) is 60.9 Å². The number of carbonyl (C=O) groups excluding carboxylic acids is 1. The van der Waals surface area contributed by atoms with Crippen molar-refractivity contribution in [1.29, 1.82) is 0 Å². The number of aryl methyl sites for hydroxylation is 1. The second-order valence-corrected chi connectivity index (χ2v) is 30.9. The van der Waals surface area contributed by atoms with Crippen LogP contribution in [0.1, 0.15) is 216 Å². The number of carbonyl (C=O) groups is 1. The Kier molecular flexibility index (Phi) is 30.2. The molecule has 11 atom stereocenters. The van der Waals surface area contributed by atoms with Crippen molar-refractivity contribution in [3.63, 3.8) is 0 Å². The normalized spacial score (nSPS) is 29.6. The first kappa shape index (κ1) is 75.7. The van der Waals surface area contributed by atoms with Gasteiger partial charge in [0, 0.05) is 168 Å². The molecule has 13 nitrogen and oxygen atoms in total. The van der Waals surface area contributed by atoms with Gasteiger partial charge in [0.1, 0.15) is 0 Å². The fourth-order valence-electron chi connectivity index (χ4n) is 16.6. The highest BCUT2D eigenvalue weighted by Crippen LogP contribution is 2.41. The van der Waals surface area contributed by atoms with Crippen LogP contribution in [0.25, 0.3) is 0 Å². The van der Waals surface area contributed by atoms with Crippen LogP contribution in [0, 0.1) is 35.5 Å². The highest BCUT2D eigenvalue weighted by Gasteiger charge is 2.55. The molecule has 0 bridgehead atoms. The van der Waals surface area contributed by atoms with Crippen LogP contribution in [-0.4, -0.2) is 163 Å². The van der Waals surface area contributed by atoms with E-state index in [2.05, 4.69) is 172 Å². The number of rotatable bonds is 13. The molecule has 7 rings (SSSR count). The number of halogens is 4. The largest absolute Gasteiger partial charge is 0.417 e. The van der Waals surface area contributed by atoms with Crippen molar-refractivity contribution >= 4 is 23.7 Å². The predicted octanol–water partition coefficient (Wildman–Crippen LogP) is 14.3. The van der Waals surface area contributed by atoms with Gasteiger partial charge in [0.25, 0.3) is 0 Å². The van der Waals surface area contributed by atoms with Crippen LogP contribution in [0.3, 0.4) is 0 Å². The van der Waals surface area contributed by atoms with Crippen molar-refractivity contribution in [1.82, 2.24) is 56.4 Å². The predicted molar refractivity (Wildman–Crippen MR) is 379 cm³/mol. The molecule has 5 unspecified atom stereocenters. The van der Waals surface area contributed by atoms with Gasteiger partial charge in [0.15, 0.2) is 0 Å². The van der Waals surface area contributed by atoms with Gasteiger partial charge < -0.3 is 51.5 Å². The maximum Gasteiger partial charge on any atom is 0.417 e. The smallest absolute Gasteiger partial charge is 0.369 e. The molecular weight excluding hydrogens is 1180 g/mol.